The number of aliphatic carboxylic acids is 2. The van der Waals surface area contributed by atoms with E-state index in [1.807, 2.05) is 0 Å². The van der Waals surface area contributed by atoms with Gasteiger partial charge in [-0.05, 0) is 37.5 Å². The monoisotopic (exact) mass is 322 g/mol. The van der Waals surface area contributed by atoms with Crippen LogP contribution in [-0.2, 0) is 9.59 Å². The number of hydrogen-bond acceptors (Lipinski definition) is 6. The zero-order valence-electron chi connectivity index (χ0n) is 12.6. The third-order valence-corrected chi connectivity index (χ3v) is 4.50. The van der Waals surface area contributed by atoms with Crippen molar-refractivity contribution in [2.24, 2.45) is 10.8 Å². The first-order valence-electron chi connectivity index (χ1n) is 7.24. The van der Waals surface area contributed by atoms with Gasteiger partial charge in [-0.1, -0.05) is 0 Å². The molecule has 0 heterocycles. The molecule has 0 aliphatic rings. The van der Waals surface area contributed by atoms with Crippen LogP contribution in [-0.4, -0.2) is 69.0 Å². The molecule has 0 fully saturated rings. The summed E-state index contributed by atoms with van der Waals surface area (Å²) >= 11 is 0. The molecule has 0 aromatic rings. The summed E-state index contributed by atoms with van der Waals surface area (Å²) in [5.74, 6) is -2.39. The van der Waals surface area contributed by atoms with Crippen molar-refractivity contribution in [1.82, 2.24) is 0 Å². The summed E-state index contributed by atoms with van der Waals surface area (Å²) in [5.41, 5.74) is -2.84. The van der Waals surface area contributed by atoms with Gasteiger partial charge in [-0.2, -0.15) is 0 Å². The largest absolute Gasteiger partial charge is 0.481 e. The molecule has 0 aromatic carbocycles. The molecule has 0 bridgehead atoms. The van der Waals surface area contributed by atoms with Gasteiger partial charge in [-0.3, -0.25) is 9.59 Å². The van der Waals surface area contributed by atoms with E-state index >= 15 is 0 Å². The SMILES string of the molecule is O=C(O)CCC(CCO)(CCO)C(CCO)(CCO)C(=O)O. The highest BCUT2D eigenvalue weighted by Gasteiger charge is 2.54. The average Bonchev–Trinajstić information content (AvgIpc) is 2.44. The fourth-order valence-corrected chi connectivity index (χ4v) is 3.34. The first-order valence-corrected chi connectivity index (χ1v) is 7.24. The number of hydrogen-bond donors (Lipinski definition) is 6. The van der Waals surface area contributed by atoms with Crippen molar-refractivity contribution in [2.75, 3.05) is 26.4 Å². The summed E-state index contributed by atoms with van der Waals surface area (Å²) in [6, 6.07) is 0. The molecule has 0 unspecified atom stereocenters. The van der Waals surface area contributed by atoms with Crippen molar-refractivity contribution in [3.63, 3.8) is 0 Å². The topological polar surface area (TPSA) is 156 Å². The van der Waals surface area contributed by atoms with Crippen molar-refractivity contribution in [1.29, 1.82) is 0 Å². The molecule has 0 aromatic heterocycles. The van der Waals surface area contributed by atoms with Crippen LogP contribution < -0.4 is 0 Å². The van der Waals surface area contributed by atoms with Crippen LogP contribution in [0.2, 0.25) is 0 Å². The van der Waals surface area contributed by atoms with Gasteiger partial charge in [0, 0.05) is 32.8 Å². The molecule has 130 valence electrons. The van der Waals surface area contributed by atoms with E-state index in [0.717, 1.165) is 0 Å². The molecular formula is C14H26O8. The maximum Gasteiger partial charge on any atom is 0.310 e. The Hall–Kier alpha value is -1.22. The Morgan fingerprint density at radius 3 is 1.36 bits per heavy atom. The normalized spacial score (nSPS) is 12.4. The lowest BCUT2D eigenvalue weighted by Gasteiger charge is -2.48. The van der Waals surface area contributed by atoms with E-state index in [1.165, 1.54) is 0 Å². The summed E-state index contributed by atoms with van der Waals surface area (Å²) in [6.45, 7) is -1.69. The molecule has 8 nitrogen and oxygen atoms in total. The Balaban J connectivity index is 5.95. The van der Waals surface area contributed by atoms with Gasteiger partial charge in [0.2, 0.25) is 0 Å². The van der Waals surface area contributed by atoms with Gasteiger partial charge in [0.15, 0.2) is 0 Å². The Morgan fingerprint density at radius 1 is 0.682 bits per heavy atom. The van der Waals surface area contributed by atoms with E-state index in [4.69, 9.17) is 5.11 Å². The molecule has 0 saturated carbocycles. The fourth-order valence-electron chi connectivity index (χ4n) is 3.34. The molecule has 22 heavy (non-hydrogen) atoms. The van der Waals surface area contributed by atoms with Gasteiger partial charge in [0.1, 0.15) is 0 Å². The van der Waals surface area contributed by atoms with Crippen LogP contribution in [0.3, 0.4) is 0 Å². The van der Waals surface area contributed by atoms with Crippen molar-refractivity contribution >= 4 is 11.9 Å². The highest BCUT2D eigenvalue weighted by atomic mass is 16.4. The molecule has 0 aliphatic carbocycles. The van der Waals surface area contributed by atoms with Gasteiger partial charge in [0.25, 0.3) is 0 Å². The van der Waals surface area contributed by atoms with E-state index in [-0.39, 0.29) is 51.7 Å². The lowest BCUT2D eigenvalue weighted by atomic mass is 9.55. The number of carboxylic acids is 2. The van der Waals surface area contributed by atoms with Crippen molar-refractivity contribution in [3.05, 3.63) is 0 Å². The van der Waals surface area contributed by atoms with Crippen molar-refractivity contribution < 1.29 is 40.2 Å². The molecule has 6 N–H and O–H groups in total. The Morgan fingerprint density at radius 2 is 1.09 bits per heavy atom. The minimum atomic E-state index is -1.61. The molecule has 0 saturated heterocycles. The smallest absolute Gasteiger partial charge is 0.310 e. The third kappa shape index (κ3) is 4.64. The maximum absolute atomic E-state index is 11.9. The summed E-state index contributed by atoms with van der Waals surface area (Å²) in [5, 5.41) is 55.8. The summed E-state index contributed by atoms with van der Waals surface area (Å²) in [6.07, 6.45) is -0.854. The Bertz CT molecular complexity index is 343. The number of carboxylic acid groups (broad SMARTS) is 2. The Labute approximate surface area is 129 Å². The van der Waals surface area contributed by atoms with Crippen LogP contribution in [0.15, 0.2) is 0 Å². The van der Waals surface area contributed by atoms with Gasteiger partial charge in [-0.25, -0.2) is 0 Å². The highest BCUT2D eigenvalue weighted by molar-refractivity contribution is 5.76. The van der Waals surface area contributed by atoms with Gasteiger partial charge >= 0.3 is 11.9 Å². The minimum Gasteiger partial charge on any atom is -0.481 e. The van der Waals surface area contributed by atoms with Crippen LogP contribution in [0, 0.1) is 10.8 Å². The standard InChI is InChI=1S/C14H26O8/c15-7-3-13(4-8-16,2-1-11(19)20)14(5-9-17,6-10-18)12(21)22/h15-18H,1-10H2,(H,19,20)(H,21,22). The number of aliphatic hydroxyl groups excluding tert-OH is 4. The highest BCUT2D eigenvalue weighted by Crippen LogP contribution is 2.53. The first kappa shape index (κ1) is 20.8. The first-order chi connectivity index (χ1) is 10.4. The number of carbonyl (C=O) groups is 2. The second-order valence-electron chi connectivity index (χ2n) is 5.46. The van der Waals surface area contributed by atoms with E-state index in [0.29, 0.717) is 0 Å². The molecule has 0 rings (SSSR count). The molecule has 0 spiro atoms. The average molecular weight is 322 g/mol. The van der Waals surface area contributed by atoms with Gasteiger partial charge in [0.05, 0.1) is 5.41 Å². The maximum atomic E-state index is 11.9. The quantitative estimate of drug-likeness (QED) is 0.263. The van der Waals surface area contributed by atoms with Crippen LogP contribution in [0.4, 0.5) is 0 Å². The molecule has 8 heteroatoms. The minimum absolute atomic E-state index is 0.0346. The molecule has 0 amide bonds. The van der Waals surface area contributed by atoms with E-state index in [2.05, 4.69) is 0 Å². The van der Waals surface area contributed by atoms with Crippen LogP contribution in [0.25, 0.3) is 0 Å². The molecular weight excluding hydrogens is 296 g/mol. The summed E-state index contributed by atoms with van der Waals surface area (Å²) < 4.78 is 0. The Kier molecular flexibility index (Phi) is 9.19. The second kappa shape index (κ2) is 9.73. The molecule has 0 atom stereocenters. The molecule has 0 radical (unpaired) electrons. The summed E-state index contributed by atoms with van der Waals surface area (Å²) in [7, 11) is 0. The molecule has 0 aliphatic heterocycles. The van der Waals surface area contributed by atoms with Crippen molar-refractivity contribution in [3.8, 4) is 0 Å². The fraction of sp³-hybridized carbons (Fsp3) is 0.857. The zero-order valence-corrected chi connectivity index (χ0v) is 12.6. The van der Waals surface area contributed by atoms with E-state index in [1.54, 1.807) is 0 Å². The van der Waals surface area contributed by atoms with Crippen LogP contribution >= 0.6 is 0 Å². The van der Waals surface area contributed by atoms with Crippen LogP contribution in [0.1, 0.15) is 38.5 Å². The van der Waals surface area contributed by atoms with Gasteiger partial charge in [-0.15, -0.1) is 0 Å². The van der Waals surface area contributed by atoms with Crippen LogP contribution in [0.5, 0.6) is 0 Å². The van der Waals surface area contributed by atoms with Gasteiger partial charge < -0.3 is 30.6 Å². The van der Waals surface area contributed by atoms with E-state index in [9.17, 15) is 35.1 Å². The lowest BCUT2D eigenvalue weighted by molar-refractivity contribution is -0.168. The zero-order chi connectivity index (χ0) is 17.2. The van der Waals surface area contributed by atoms with Crippen molar-refractivity contribution in [2.45, 2.75) is 38.5 Å². The predicted molar refractivity (Wildman–Crippen MR) is 76.2 cm³/mol. The second-order valence-corrected chi connectivity index (χ2v) is 5.46. The third-order valence-electron chi connectivity index (χ3n) is 4.50. The lowest BCUT2D eigenvalue weighted by Crippen LogP contribution is -2.50. The number of rotatable bonds is 13. The predicted octanol–water partition coefficient (Wildman–Crippen LogP) is -0.562. The summed E-state index contributed by atoms with van der Waals surface area (Å²) in [4.78, 5) is 22.8. The van der Waals surface area contributed by atoms with E-state index < -0.39 is 36.0 Å². The number of aliphatic hydroxyl groups is 4.